The van der Waals surface area contributed by atoms with Gasteiger partial charge in [0.25, 0.3) is 0 Å². The molecule has 5 rings (SSSR count). The Labute approximate surface area is 362 Å². The second kappa shape index (κ2) is 18.9. The maximum Gasteiger partial charge on any atom is 0.569 e. The van der Waals surface area contributed by atoms with Crippen molar-refractivity contribution < 1.29 is 116 Å². The summed E-state index contributed by atoms with van der Waals surface area (Å²) in [4.78, 5) is 121. The first-order chi connectivity index (χ1) is 29.2. The summed E-state index contributed by atoms with van der Waals surface area (Å²) in [6, 6.07) is 6.30. The quantitative estimate of drug-likeness (QED) is 0.0744. The van der Waals surface area contributed by atoms with E-state index in [-0.39, 0.29) is 0 Å². The molecule has 0 aromatic heterocycles. The van der Waals surface area contributed by atoms with Gasteiger partial charge in [0, 0.05) is 36.8 Å². The molecule has 0 spiro atoms. The first kappa shape index (κ1) is 51.9. The average molecular weight is 1050 g/mol. The van der Waals surface area contributed by atoms with Gasteiger partial charge >= 0.3 is 78.7 Å². The van der Waals surface area contributed by atoms with Crippen LogP contribution in [-0.2, 0) is 62.2 Å². The van der Waals surface area contributed by atoms with Gasteiger partial charge in [-0.1, -0.05) is 12.1 Å². The lowest BCUT2D eigenvalue weighted by molar-refractivity contribution is 0.339. The van der Waals surface area contributed by atoms with E-state index in [1.54, 1.807) is 0 Å². The molecule has 0 saturated heterocycles. The molecule has 6 unspecified atom stereocenters. The molecule has 4 aromatic carbocycles. The second-order valence-corrected chi connectivity index (χ2v) is 27.4. The number of phenols is 4. The largest absolute Gasteiger partial charge is 0.569 e. The van der Waals surface area contributed by atoms with Crippen molar-refractivity contribution in [1.29, 1.82) is 0 Å². The highest BCUT2D eigenvalue weighted by molar-refractivity contribution is 7.70. The zero-order valence-corrected chi connectivity index (χ0v) is 38.9. The van der Waals surface area contributed by atoms with Crippen molar-refractivity contribution in [2.24, 2.45) is 0 Å². The molecule has 1 aliphatic rings. The van der Waals surface area contributed by atoms with Gasteiger partial charge in [-0.25, -0.2) is 0 Å². The van der Waals surface area contributed by atoms with Gasteiger partial charge in [0.2, 0.25) is 0 Å². The van der Waals surface area contributed by atoms with E-state index in [2.05, 4.69) is 0 Å². The van der Waals surface area contributed by atoms with Gasteiger partial charge in [0.1, 0.15) is 23.0 Å². The highest BCUT2D eigenvalue weighted by Crippen LogP contribution is 2.70. The van der Waals surface area contributed by atoms with E-state index < -0.39 is 200 Å². The van der Waals surface area contributed by atoms with Gasteiger partial charge in [-0.3, -0.25) is 18.3 Å². The lowest BCUT2D eigenvalue weighted by Gasteiger charge is -2.23. The van der Waals surface area contributed by atoms with Crippen LogP contribution in [0.15, 0.2) is 48.5 Å². The number of benzene rings is 4. The van der Waals surface area contributed by atoms with Gasteiger partial charge < -0.3 is 59.6 Å². The Bertz CT molecular complexity index is 2660. The molecule has 0 aliphatic heterocycles. The Morgan fingerprint density at radius 1 is 0.359 bits per heavy atom. The summed E-state index contributed by atoms with van der Waals surface area (Å²) in [6.07, 6.45) is -3.51. The molecular weight excluding hydrogens is 1020 g/mol. The fourth-order valence-corrected chi connectivity index (χ4v) is 15.5. The van der Waals surface area contributed by atoms with E-state index in [1.807, 2.05) is 0 Å². The minimum absolute atomic E-state index is 0.418. The summed E-state index contributed by atoms with van der Waals surface area (Å²) < 4.78 is 100. The Hall–Kier alpha value is -3.08. The summed E-state index contributed by atoms with van der Waals surface area (Å²) in [5.74, 6) is -3.45. The molecule has 0 radical (unpaired) electrons. The van der Waals surface area contributed by atoms with E-state index in [9.17, 15) is 116 Å². The number of aromatic hydroxyl groups is 4. The van der Waals surface area contributed by atoms with Crippen molar-refractivity contribution in [2.45, 2.75) is 47.3 Å². The average Bonchev–Trinajstić information content (AvgIpc) is 3.09. The molecule has 344 valence electrons. The maximum atomic E-state index is 12.6. The van der Waals surface area contributed by atoms with E-state index >= 15 is 0 Å². The van der Waals surface area contributed by atoms with Crippen molar-refractivity contribution in [3.8, 4) is 23.0 Å². The van der Waals surface area contributed by atoms with E-state index in [0.29, 0.717) is 12.1 Å². The molecule has 0 fully saturated rings. The van der Waals surface area contributed by atoms with Crippen molar-refractivity contribution in [1.82, 2.24) is 0 Å². The minimum Gasteiger partial charge on any atom is -0.507 e. The topological polar surface area (TPSA) is 460 Å². The molecule has 0 amide bonds. The van der Waals surface area contributed by atoms with Gasteiger partial charge in [0.15, 0.2) is 5.40 Å². The molecule has 64 heavy (non-hydrogen) atoms. The molecule has 24 nitrogen and oxygen atoms in total. The van der Waals surface area contributed by atoms with Crippen molar-refractivity contribution in [3.05, 3.63) is 115 Å². The lowest BCUT2D eigenvalue weighted by Crippen LogP contribution is -2.07. The van der Waals surface area contributed by atoms with Crippen LogP contribution in [0.25, 0.3) is 0 Å². The molecule has 1 aliphatic carbocycles. The monoisotopic (exact) mass is 1050 g/mol. The van der Waals surface area contributed by atoms with Crippen LogP contribution in [0.4, 0.5) is 0 Å². The third-order valence-corrected chi connectivity index (χ3v) is 22.6. The molecule has 4 aromatic rings. The van der Waals surface area contributed by atoms with Crippen LogP contribution in [0, 0.1) is 0 Å². The normalized spacial score (nSPS) is 16.1. The highest BCUT2D eigenvalue weighted by atomic mass is 31.2. The van der Waals surface area contributed by atoms with Gasteiger partial charge in [-0.05, 0) is 105 Å². The van der Waals surface area contributed by atoms with Crippen molar-refractivity contribution in [2.75, 3.05) is 0 Å². The van der Waals surface area contributed by atoms with Crippen LogP contribution >= 0.6 is 62.5 Å². The summed E-state index contributed by atoms with van der Waals surface area (Å²) >= 11 is 0. The fraction of sp³-hybridized carbons (Fsp3) is 0.250. The lowest BCUT2D eigenvalue weighted by atomic mass is 9.89. The molecule has 0 heterocycles. The zero-order chi connectivity index (χ0) is 48.3. The SMILES string of the molecule is O=[P+](O)C(c1cc2c(O)c(c1)Cc1cc(C([P+](=O)O)P(=O)(O)O)cc(c1O)Cc1cc(C(P(=O)(O)O)P(=O)(O)O)cc(c1O)Cc1cc(C([P+](=O)O)P(=O)(O)O)cc(c1O)C2)[P+](=O)O. The Morgan fingerprint density at radius 2 is 0.578 bits per heavy atom. The van der Waals surface area contributed by atoms with Gasteiger partial charge in [0.05, 0.1) is 5.56 Å². The second-order valence-electron chi connectivity index (χ2n) is 14.5. The Morgan fingerprint density at radius 3 is 0.766 bits per heavy atom. The van der Waals surface area contributed by atoms with E-state index in [0.717, 1.165) is 36.4 Å². The fourth-order valence-electron chi connectivity index (χ4n) is 7.47. The summed E-state index contributed by atoms with van der Waals surface area (Å²) in [6.45, 7) is 0. The first-order valence-electron chi connectivity index (χ1n) is 17.4. The Balaban J connectivity index is 2.01. The third kappa shape index (κ3) is 11.2. The highest BCUT2D eigenvalue weighted by Gasteiger charge is 2.51. The Kier molecular flexibility index (Phi) is 15.3. The number of fused-ring (bicyclic) bond motifs is 8. The number of phenolic OH excluding ortho intramolecular Hbond substituents is 4. The third-order valence-electron chi connectivity index (χ3n) is 9.99. The molecular formula is C32H36O24P8+4. The van der Waals surface area contributed by atoms with Crippen molar-refractivity contribution >= 4 is 62.5 Å². The molecule has 6 atom stereocenters. The van der Waals surface area contributed by atoms with E-state index in [4.69, 9.17) is 0 Å². The van der Waals surface area contributed by atoms with Crippen LogP contribution in [0.2, 0.25) is 0 Å². The molecule has 32 heteroatoms. The standard InChI is InChI=1S/C32H32O24P8/c33-25-13-1-15-7-22(30(59(41)42)61(45,46)47)9-17(26(15)34)3-19-11-24(32(63(51,52)53)64(54,55)56)12-20(28(19)36)4-18-10-23(31(60(43)44)62(48,49)50)8-16(27(18)35)2-14(25)6-21(5-13)29(57(37)38)58(39)40/h5-12,29-32H,1-4H2,(H12-4,33,34,35,36,37,38,39,40,41,42,43,44,45,46,47,48,49,50,51,52,53,54,55,56)/p+4. The molecule has 0 saturated carbocycles. The maximum absolute atomic E-state index is 12.6. The van der Waals surface area contributed by atoms with Gasteiger partial charge in [-0.15, -0.1) is 0 Å². The predicted octanol–water partition coefficient (Wildman–Crippen LogP) is 4.83. The molecule has 16 N–H and O–H groups in total. The summed E-state index contributed by atoms with van der Waals surface area (Å²) in [5, 5.41) is 36.8. The molecule has 8 bridgehead atoms. The van der Waals surface area contributed by atoms with Crippen LogP contribution in [0.5, 0.6) is 23.0 Å². The minimum atomic E-state index is -5.87. The smallest absolute Gasteiger partial charge is 0.507 e. The zero-order valence-electron chi connectivity index (χ0n) is 31.8. The van der Waals surface area contributed by atoms with Crippen LogP contribution < -0.4 is 0 Å². The van der Waals surface area contributed by atoms with Crippen LogP contribution in [0.1, 0.15) is 88.4 Å². The van der Waals surface area contributed by atoms with Crippen LogP contribution in [0.3, 0.4) is 0 Å². The summed E-state index contributed by atoms with van der Waals surface area (Å²) in [7, 11) is -37.7. The summed E-state index contributed by atoms with van der Waals surface area (Å²) in [5.41, 5.74) is -6.67. The van der Waals surface area contributed by atoms with Gasteiger partial charge in [-0.2, -0.15) is 19.6 Å². The van der Waals surface area contributed by atoms with E-state index in [1.165, 1.54) is 0 Å². The number of hydrogen-bond acceptors (Lipinski definition) is 12. The number of rotatable bonds is 12. The van der Waals surface area contributed by atoms with Crippen molar-refractivity contribution in [3.63, 3.8) is 0 Å². The number of hydrogen-bond donors (Lipinski definition) is 16. The first-order valence-corrected chi connectivity index (χ1v) is 29.3. The van der Waals surface area contributed by atoms with Crippen LogP contribution in [-0.4, -0.2) is 79.1 Å². The predicted molar refractivity (Wildman–Crippen MR) is 222 cm³/mol.